The number of carbonyl (C=O) groups is 1. The van der Waals surface area contributed by atoms with Crippen LogP contribution in [0.1, 0.15) is 56.2 Å². The van der Waals surface area contributed by atoms with Gasteiger partial charge in [-0.2, -0.15) is 13.2 Å². The van der Waals surface area contributed by atoms with Crippen molar-refractivity contribution in [2.75, 3.05) is 4.90 Å². The second-order valence-corrected chi connectivity index (χ2v) is 7.71. The van der Waals surface area contributed by atoms with Crippen LogP contribution in [0.4, 0.5) is 18.9 Å². The molecule has 0 radical (unpaired) electrons. The predicted molar refractivity (Wildman–Crippen MR) is 106 cm³/mol. The van der Waals surface area contributed by atoms with E-state index in [2.05, 4.69) is 4.99 Å². The summed E-state index contributed by atoms with van der Waals surface area (Å²) in [7, 11) is 0. The number of aliphatic hydroxyl groups is 1. The highest BCUT2D eigenvalue weighted by molar-refractivity contribution is 6.30. The van der Waals surface area contributed by atoms with Crippen LogP contribution in [0.2, 0.25) is 0 Å². The lowest BCUT2D eigenvalue weighted by molar-refractivity contribution is -0.244. The molecule has 0 spiro atoms. The quantitative estimate of drug-likeness (QED) is 0.782. The van der Waals surface area contributed by atoms with Crippen molar-refractivity contribution < 1.29 is 23.1 Å². The Hall–Kier alpha value is -2.67. The molecule has 1 aliphatic rings. The maximum atomic E-state index is 13.7. The van der Waals surface area contributed by atoms with Crippen LogP contribution >= 0.6 is 0 Å². The molecule has 0 fully saturated rings. The summed E-state index contributed by atoms with van der Waals surface area (Å²) in [4.78, 5) is 17.5. The fraction of sp³-hybridized carbons (Fsp3) is 0.364. The second-order valence-electron chi connectivity index (χ2n) is 7.71. The van der Waals surface area contributed by atoms with Crippen LogP contribution in [0.3, 0.4) is 0 Å². The van der Waals surface area contributed by atoms with Crippen LogP contribution in [0.25, 0.3) is 0 Å². The summed E-state index contributed by atoms with van der Waals surface area (Å²) in [6.07, 6.45) is -5.25. The Bertz CT molecular complexity index is 926. The van der Waals surface area contributed by atoms with Crippen molar-refractivity contribution in [1.29, 1.82) is 0 Å². The predicted octanol–water partition coefficient (Wildman–Crippen LogP) is 4.98. The summed E-state index contributed by atoms with van der Waals surface area (Å²) in [6.45, 7) is 7.61. The van der Waals surface area contributed by atoms with E-state index in [-0.39, 0.29) is 17.7 Å². The van der Waals surface area contributed by atoms with Gasteiger partial charge in [0.25, 0.3) is 5.91 Å². The number of halogens is 3. The lowest BCUT2D eigenvalue weighted by atomic mass is 9.91. The lowest BCUT2D eigenvalue weighted by Crippen LogP contribution is -2.53. The van der Waals surface area contributed by atoms with E-state index in [1.807, 2.05) is 33.8 Å². The van der Waals surface area contributed by atoms with Crippen LogP contribution < -0.4 is 4.90 Å². The van der Waals surface area contributed by atoms with Gasteiger partial charge in [0.05, 0.1) is 5.69 Å². The molecule has 1 aliphatic heterocycles. The fourth-order valence-electron chi connectivity index (χ4n) is 3.45. The first-order chi connectivity index (χ1) is 13.5. The standard InChI is InChI=1S/C22H23F3N2O2/c1-13(2)16-11-8-12-17(14(3)4)18(16)27-19(15-9-6-5-7-10-15)26-21(29,20(27)28)22(23,24)25/h5-14,29H,1-4H3. The Labute approximate surface area is 167 Å². The van der Waals surface area contributed by atoms with E-state index < -0.39 is 17.8 Å². The van der Waals surface area contributed by atoms with E-state index in [4.69, 9.17) is 0 Å². The zero-order valence-corrected chi connectivity index (χ0v) is 16.7. The van der Waals surface area contributed by atoms with Crippen LogP contribution in [-0.2, 0) is 4.79 Å². The number of amidine groups is 1. The molecule has 1 unspecified atom stereocenters. The third-order valence-electron chi connectivity index (χ3n) is 4.97. The van der Waals surface area contributed by atoms with E-state index >= 15 is 0 Å². The number of para-hydroxylation sites is 1. The number of alkyl halides is 3. The first kappa shape index (κ1) is 21.0. The topological polar surface area (TPSA) is 52.9 Å². The monoisotopic (exact) mass is 404 g/mol. The van der Waals surface area contributed by atoms with Crippen molar-refractivity contribution in [2.45, 2.75) is 51.4 Å². The highest BCUT2D eigenvalue weighted by Crippen LogP contribution is 2.44. The first-order valence-corrected chi connectivity index (χ1v) is 9.40. The van der Waals surface area contributed by atoms with Gasteiger partial charge in [0, 0.05) is 5.56 Å². The van der Waals surface area contributed by atoms with Gasteiger partial charge in [-0.1, -0.05) is 76.2 Å². The van der Waals surface area contributed by atoms with E-state index in [1.54, 1.807) is 42.5 Å². The van der Waals surface area contributed by atoms with Gasteiger partial charge >= 0.3 is 11.9 Å². The van der Waals surface area contributed by atoms with Crippen molar-refractivity contribution in [1.82, 2.24) is 0 Å². The summed E-state index contributed by atoms with van der Waals surface area (Å²) in [6, 6.07) is 13.5. The van der Waals surface area contributed by atoms with Gasteiger partial charge in [-0.05, 0) is 23.0 Å². The average Bonchev–Trinajstić information content (AvgIpc) is 2.94. The summed E-state index contributed by atoms with van der Waals surface area (Å²) in [5, 5.41) is 10.3. The van der Waals surface area contributed by atoms with E-state index in [0.717, 1.165) is 4.90 Å². The number of hydrogen-bond donors (Lipinski definition) is 1. The molecule has 1 N–H and O–H groups in total. The molecule has 2 aromatic rings. The van der Waals surface area contributed by atoms with Gasteiger partial charge in [-0.15, -0.1) is 0 Å². The van der Waals surface area contributed by atoms with Gasteiger partial charge < -0.3 is 5.11 Å². The largest absolute Gasteiger partial charge is 0.448 e. The maximum absolute atomic E-state index is 13.7. The number of aliphatic imine (C=N–C) groups is 1. The minimum atomic E-state index is -5.25. The number of hydrogen-bond acceptors (Lipinski definition) is 3. The molecule has 0 aromatic heterocycles. The third-order valence-corrected chi connectivity index (χ3v) is 4.97. The molecule has 7 heteroatoms. The summed E-state index contributed by atoms with van der Waals surface area (Å²) >= 11 is 0. The molecular weight excluding hydrogens is 381 g/mol. The molecule has 1 amide bonds. The SMILES string of the molecule is CC(C)c1cccc(C(C)C)c1N1C(=O)C(O)(C(F)(F)F)N=C1c1ccccc1. The van der Waals surface area contributed by atoms with Gasteiger partial charge in [0.2, 0.25) is 0 Å². The van der Waals surface area contributed by atoms with E-state index in [9.17, 15) is 23.1 Å². The van der Waals surface area contributed by atoms with Gasteiger partial charge in [-0.3, -0.25) is 9.69 Å². The van der Waals surface area contributed by atoms with Gasteiger partial charge in [-0.25, -0.2) is 4.99 Å². The molecule has 3 rings (SSSR count). The number of rotatable bonds is 4. The Morgan fingerprint density at radius 1 is 0.931 bits per heavy atom. The molecule has 1 atom stereocenters. The molecule has 29 heavy (non-hydrogen) atoms. The van der Waals surface area contributed by atoms with Gasteiger partial charge in [0.15, 0.2) is 0 Å². The highest BCUT2D eigenvalue weighted by atomic mass is 19.4. The minimum absolute atomic E-state index is 0.0619. The summed E-state index contributed by atoms with van der Waals surface area (Å²) in [5.74, 6) is -1.86. The van der Waals surface area contributed by atoms with Crippen molar-refractivity contribution in [3.63, 3.8) is 0 Å². The van der Waals surface area contributed by atoms with E-state index in [0.29, 0.717) is 22.4 Å². The molecule has 4 nitrogen and oxygen atoms in total. The number of anilines is 1. The van der Waals surface area contributed by atoms with Crippen molar-refractivity contribution >= 4 is 17.4 Å². The summed E-state index contributed by atoms with van der Waals surface area (Å²) in [5.41, 5.74) is -1.74. The molecule has 1 heterocycles. The maximum Gasteiger partial charge on any atom is 0.448 e. The van der Waals surface area contributed by atoms with Gasteiger partial charge in [0.1, 0.15) is 5.84 Å². The Morgan fingerprint density at radius 2 is 1.45 bits per heavy atom. The molecule has 0 aliphatic carbocycles. The Kier molecular flexibility index (Phi) is 5.30. The van der Waals surface area contributed by atoms with Crippen molar-refractivity contribution in [3.8, 4) is 0 Å². The summed E-state index contributed by atoms with van der Waals surface area (Å²) < 4.78 is 41.1. The third kappa shape index (κ3) is 3.44. The molecular formula is C22H23F3N2O2. The second kappa shape index (κ2) is 7.30. The highest BCUT2D eigenvalue weighted by Gasteiger charge is 2.66. The molecule has 0 saturated carbocycles. The molecule has 2 aromatic carbocycles. The van der Waals surface area contributed by atoms with E-state index in [1.165, 1.54) is 0 Å². The van der Waals surface area contributed by atoms with Crippen LogP contribution in [0.15, 0.2) is 53.5 Å². The van der Waals surface area contributed by atoms with Crippen LogP contribution in [-0.4, -0.2) is 28.8 Å². The zero-order chi connectivity index (χ0) is 21.6. The number of benzene rings is 2. The van der Waals surface area contributed by atoms with Crippen molar-refractivity contribution in [3.05, 3.63) is 65.2 Å². The lowest BCUT2D eigenvalue weighted by Gasteiger charge is -2.29. The first-order valence-electron chi connectivity index (χ1n) is 9.40. The smallest absolute Gasteiger partial charge is 0.355 e. The molecule has 0 bridgehead atoms. The minimum Gasteiger partial charge on any atom is -0.355 e. The number of nitrogens with zero attached hydrogens (tertiary/aromatic N) is 2. The Balaban J connectivity index is 2.34. The normalized spacial score (nSPS) is 20.0. The van der Waals surface area contributed by atoms with Crippen molar-refractivity contribution in [2.24, 2.45) is 4.99 Å². The van der Waals surface area contributed by atoms with Crippen LogP contribution in [0, 0.1) is 0 Å². The number of carbonyl (C=O) groups excluding carboxylic acids is 1. The van der Waals surface area contributed by atoms with Crippen LogP contribution in [0.5, 0.6) is 0 Å². The molecule has 0 saturated heterocycles. The fourth-order valence-corrected chi connectivity index (χ4v) is 3.45. The molecule has 154 valence electrons. The average molecular weight is 404 g/mol. The zero-order valence-electron chi connectivity index (χ0n) is 16.7. The number of amides is 1. The Morgan fingerprint density at radius 3 is 1.90 bits per heavy atom.